The van der Waals surface area contributed by atoms with Gasteiger partial charge in [-0.3, -0.25) is 4.79 Å². The van der Waals surface area contributed by atoms with Crippen LogP contribution in [-0.4, -0.2) is 50.0 Å². The molecule has 3 aliphatic heterocycles. The number of rotatable bonds is 3. The molecule has 3 saturated heterocycles. The number of fused-ring (bicyclic) bond motifs is 2. The summed E-state index contributed by atoms with van der Waals surface area (Å²) in [6.45, 7) is 0.766. The van der Waals surface area contributed by atoms with Crippen LogP contribution >= 0.6 is 0 Å². The van der Waals surface area contributed by atoms with Crippen molar-refractivity contribution in [1.82, 2.24) is 10.6 Å². The Morgan fingerprint density at radius 2 is 2.29 bits per heavy atom. The van der Waals surface area contributed by atoms with Gasteiger partial charge >= 0.3 is 0 Å². The van der Waals surface area contributed by atoms with E-state index >= 15 is 0 Å². The summed E-state index contributed by atoms with van der Waals surface area (Å²) in [7, 11) is 1.69. The van der Waals surface area contributed by atoms with Gasteiger partial charge in [0.1, 0.15) is 0 Å². The lowest BCUT2D eigenvalue weighted by Gasteiger charge is -2.22. The Balaban J connectivity index is 1.51. The minimum Gasteiger partial charge on any atom is -0.380 e. The van der Waals surface area contributed by atoms with Crippen LogP contribution in [0.5, 0.6) is 0 Å². The Morgan fingerprint density at radius 1 is 1.41 bits per heavy atom. The molecular weight excluding hydrogens is 220 g/mol. The average molecular weight is 240 g/mol. The van der Waals surface area contributed by atoms with Gasteiger partial charge in [-0.25, -0.2) is 0 Å². The topological polar surface area (TPSA) is 59.6 Å². The van der Waals surface area contributed by atoms with E-state index in [9.17, 15) is 4.79 Å². The molecule has 0 aromatic rings. The Hall–Kier alpha value is -0.650. The molecule has 2 bridgehead atoms. The van der Waals surface area contributed by atoms with Crippen molar-refractivity contribution >= 4 is 5.91 Å². The molecule has 0 aromatic heterocycles. The van der Waals surface area contributed by atoms with E-state index in [1.165, 1.54) is 0 Å². The summed E-state index contributed by atoms with van der Waals surface area (Å²) in [5, 5.41) is 6.31. The number of hydrogen-bond donors (Lipinski definition) is 2. The zero-order valence-corrected chi connectivity index (χ0v) is 10.1. The lowest BCUT2D eigenvalue weighted by molar-refractivity contribution is -0.124. The van der Waals surface area contributed by atoms with Crippen LogP contribution in [0, 0.1) is 0 Å². The average Bonchev–Trinajstić information content (AvgIpc) is 3.04. The first-order chi connectivity index (χ1) is 8.26. The molecule has 0 spiro atoms. The van der Waals surface area contributed by atoms with Crippen molar-refractivity contribution < 1.29 is 14.3 Å². The first-order valence-electron chi connectivity index (χ1n) is 6.48. The fourth-order valence-corrected chi connectivity index (χ4v) is 3.16. The molecule has 5 unspecified atom stereocenters. The summed E-state index contributed by atoms with van der Waals surface area (Å²) in [4.78, 5) is 12.1. The lowest BCUT2D eigenvalue weighted by Crippen LogP contribution is -2.48. The Kier molecular flexibility index (Phi) is 3.06. The molecule has 2 N–H and O–H groups in total. The predicted octanol–water partition coefficient (Wildman–Crippen LogP) is -0.201. The van der Waals surface area contributed by atoms with Crippen molar-refractivity contribution in [1.29, 1.82) is 0 Å². The third-order valence-electron chi connectivity index (χ3n) is 4.17. The Bertz CT molecular complexity index is 310. The highest BCUT2D eigenvalue weighted by atomic mass is 16.5. The fourth-order valence-electron chi connectivity index (χ4n) is 3.16. The molecule has 0 radical (unpaired) electrons. The van der Waals surface area contributed by atoms with Crippen molar-refractivity contribution in [2.24, 2.45) is 0 Å². The number of methoxy groups -OCH3 is 1. The maximum absolute atomic E-state index is 12.1. The van der Waals surface area contributed by atoms with Crippen LogP contribution in [0.4, 0.5) is 0 Å². The summed E-state index contributed by atoms with van der Waals surface area (Å²) in [5.74, 6) is 0.103. The number of carbonyl (C=O) groups is 1. The first-order valence-corrected chi connectivity index (χ1v) is 6.48. The summed E-state index contributed by atoms with van der Waals surface area (Å²) < 4.78 is 11.0. The standard InChI is InChI=1S/C12H20N2O3/c1-16-8-5-10(13-6-8)12(15)14-9-4-7-2-3-11(9)17-7/h7-11,13H,2-6H2,1H3,(H,14,15). The number of carbonyl (C=O) groups excluding carboxylic acids is 1. The molecule has 0 saturated carbocycles. The van der Waals surface area contributed by atoms with Gasteiger partial charge in [0.15, 0.2) is 0 Å². The normalized spacial score (nSPS) is 44.2. The molecule has 0 aliphatic carbocycles. The lowest BCUT2D eigenvalue weighted by atomic mass is 9.95. The van der Waals surface area contributed by atoms with Crippen LogP contribution in [0.15, 0.2) is 0 Å². The summed E-state index contributed by atoms with van der Waals surface area (Å²) in [6, 6.07) is 0.128. The van der Waals surface area contributed by atoms with E-state index < -0.39 is 0 Å². The Labute approximate surface area is 101 Å². The van der Waals surface area contributed by atoms with Gasteiger partial charge in [-0.2, -0.15) is 0 Å². The molecule has 5 atom stereocenters. The molecule has 96 valence electrons. The molecule has 3 heterocycles. The van der Waals surface area contributed by atoms with Crippen LogP contribution in [0.3, 0.4) is 0 Å². The molecule has 17 heavy (non-hydrogen) atoms. The number of hydrogen-bond acceptors (Lipinski definition) is 4. The van der Waals surface area contributed by atoms with E-state index in [-0.39, 0.29) is 30.2 Å². The fraction of sp³-hybridized carbons (Fsp3) is 0.917. The smallest absolute Gasteiger partial charge is 0.237 e. The molecule has 1 amide bonds. The van der Waals surface area contributed by atoms with Gasteiger partial charge in [0.2, 0.25) is 5.91 Å². The second kappa shape index (κ2) is 4.55. The summed E-state index contributed by atoms with van der Waals surface area (Å²) >= 11 is 0. The second-order valence-corrected chi connectivity index (χ2v) is 5.28. The second-order valence-electron chi connectivity index (χ2n) is 5.28. The highest BCUT2D eigenvalue weighted by Crippen LogP contribution is 2.34. The number of nitrogens with one attached hydrogen (secondary N) is 2. The number of amides is 1. The monoisotopic (exact) mass is 240 g/mol. The van der Waals surface area contributed by atoms with Crippen LogP contribution in [0.25, 0.3) is 0 Å². The third-order valence-corrected chi connectivity index (χ3v) is 4.17. The van der Waals surface area contributed by atoms with Gasteiger partial charge in [-0.05, 0) is 25.7 Å². The molecule has 3 rings (SSSR count). The van der Waals surface area contributed by atoms with Crippen molar-refractivity contribution in [3.8, 4) is 0 Å². The van der Waals surface area contributed by atoms with Crippen LogP contribution in [-0.2, 0) is 14.3 Å². The van der Waals surface area contributed by atoms with Gasteiger partial charge in [0.05, 0.1) is 30.4 Å². The van der Waals surface area contributed by atoms with E-state index in [2.05, 4.69) is 10.6 Å². The van der Waals surface area contributed by atoms with E-state index in [0.717, 1.165) is 32.2 Å². The maximum atomic E-state index is 12.1. The van der Waals surface area contributed by atoms with Crippen molar-refractivity contribution in [3.05, 3.63) is 0 Å². The van der Waals surface area contributed by atoms with E-state index in [4.69, 9.17) is 9.47 Å². The SMILES string of the molecule is COC1CNC(C(=O)NC2CC3CCC2O3)C1. The highest BCUT2D eigenvalue weighted by molar-refractivity contribution is 5.82. The number of ether oxygens (including phenoxy) is 2. The molecule has 5 nitrogen and oxygen atoms in total. The quantitative estimate of drug-likeness (QED) is 0.717. The van der Waals surface area contributed by atoms with Crippen molar-refractivity contribution in [2.75, 3.05) is 13.7 Å². The van der Waals surface area contributed by atoms with Gasteiger partial charge in [-0.15, -0.1) is 0 Å². The van der Waals surface area contributed by atoms with Gasteiger partial charge in [0, 0.05) is 13.7 Å². The van der Waals surface area contributed by atoms with E-state index in [0.29, 0.717) is 6.10 Å². The summed E-state index contributed by atoms with van der Waals surface area (Å²) in [6.07, 6.45) is 4.80. The van der Waals surface area contributed by atoms with Gasteiger partial charge in [0.25, 0.3) is 0 Å². The van der Waals surface area contributed by atoms with E-state index in [1.807, 2.05) is 0 Å². The molecule has 0 aromatic carbocycles. The van der Waals surface area contributed by atoms with Crippen molar-refractivity contribution in [3.63, 3.8) is 0 Å². The van der Waals surface area contributed by atoms with Crippen molar-refractivity contribution in [2.45, 2.75) is 56.1 Å². The molecular formula is C12H20N2O3. The van der Waals surface area contributed by atoms with Crippen LogP contribution in [0.1, 0.15) is 25.7 Å². The van der Waals surface area contributed by atoms with Gasteiger partial charge in [-0.1, -0.05) is 0 Å². The highest BCUT2D eigenvalue weighted by Gasteiger charge is 2.42. The van der Waals surface area contributed by atoms with Crippen LogP contribution < -0.4 is 10.6 Å². The zero-order valence-electron chi connectivity index (χ0n) is 10.1. The third kappa shape index (κ3) is 2.19. The molecule has 3 fully saturated rings. The first kappa shape index (κ1) is 11.4. The Morgan fingerprint density at radius 3 is 2.88 bits per heavy atom. The zero-order chi connectivity index (χ0) is 11.8. The minimum atomic E-state index is -0.0981. The molecule has 5 heteroatoms. The molecule has 3 aliphatic rings. The maximum Gasteiger partial charge on any atom is 0.237 e. The minimum absolute atomic E-state index is 0.0981. The summed E-state index contributed by atoms with van der Waals surface area (Å²) in [5.41, 5.74) is 0. The van der Waals surface area contributed by atoms with Gasteiger partial charge < -0.3 is 20.1 Å². The predicted molar refractivity (Wildman–Crippen MR) is 61.6 cm³/mol. The largest absolute Gasteiger partial charge is 0.380 e. The van der Waals surface area contributed by atoms with Crippen LogP contribution in [0.2, 0.25) is 0 Å². The van der Waals surface area contributed by atoms with E-state index in [1.54, 1.807) is 7.11 Å².